The van der Waals surface area contributed by atoms with Crippen molar-refractivity contribution in [3.63, 3.8) is 0 Å². The molecule has 1 rings (SSSR count). The van der Waals surface area contributed by atoms with E-state index in [-0.39, 0.29) is 10.7 Å². The molecule has 0 spiro atoms. The second-order valence-corrected chi connectivity index (χ2v) is 2.37. The lowest BCUT2D eigenvalue weighted by Gasteiger charge is -2.00. The van der Waals surface area contributed by atoms with Crippen molar-refractivity contribution in [3.05, 3.63) is 28.5 Å². The van der Waals surface area contributed by atoms with Crippen LogP contribution in [0.2, 0.25) is 5.15 Å². The van der Waals surface area contributed by atoms with Crippen LogP contribution in [0.15, 0.2) is 12.3 Å². The fraction of sp³-hybridized carbons (Fsp3) is 0.143. The molecule has 0 amide bonds. The molecule has 0 bridgehead atoms. The van der Waals surface area contributed by atoms with Crippen LogP contribution in [0.4, 0.5) is 8.78 Å². The molecule has 1 heterocycles. The fourth-order valence-corrected chi connectivity index (χ4v) is 0.865. The Labute approximate surface area is 72.4 Å². The first-order chi connectivity index (χ1) is 5.65. The number of hydrogen-bond donors (Lipinski definition) is 0. The van der Waals surface area contributed by atoms with Crippen molar-refractivity contribution in [1.29, 1.82) is 5.26 Å². The molecule has 12 heavy (non-hydrogen) atoms. The van der Waals surface area contributed by atoms with Crippen LogP contribution in [0.25, 0.3) is 0 Å². The number of hydrogen-bond acceptors (Lipinski definition) is 2. The first-order valence-electron chi connectivity index (χ1n) is 2.99. The number of rotatable bonds is 1. The van der Waals surface area contributed by atoms with E-state index in [1.165, 1.54) is 0 Å². The van der Waals surface area contributed by atoms with Crippen LogP contribution in [0.5, 0.6) is 0 Å². The number of pyridine rings is 1. The van der Waals surface area contributed by atoms with Gasteiger partial charge >= 0.3 is 0 Å². The van der Waals surface area contributed by atoms with Crippen LogP contribution in [0.1, 0.15) is 17.6 Å². The summed E-state index contributed by atoms with van der Waals surface area (Å²) >= 11 is 5.35. The van der Waals surface area contributed by atoms with Gasteiger partial charge in [0.2, 0.25) is 0 Å². The zero-order valence-corrected chi connectivity index (χ0v) is 6.52. The minimum absolute atomic E-state index is 0.0784. The average molecular weight is 189 g/mol. The van der Waals surface area contributed by atoms with Gasteiger partial charge in [-0.25, -0.2) is 13.8 Å². The highest BCUT2D eigenvalue weighted by atomic mass is 35.5. The third-order valence-electron chi connectivity index (χ3n) is 1.23. The Morgan fingerprint density at radius 2 is 2.25 bits per heavy atom. The van der Waals surface area contributed by atoms with Gasteiger partial charge in [0.15, 0.2) is 0 Å². The predicted octanol–water partition coefficient (Wildman–Crippen LogP) is 2.54. The molecule has 0 aliphatic heterocycles. The zero-order valence-electron chi connectivity index (χ0n) is 5.76. The van der Waals surface area contributed by atoms with Crippen molar-refractivity contribution in [1.82, 2.24) is 4.98 Å². The van der Waals surface area contributed by atoms with Crippen LogP contribution in [0.3, 0.4) is 0 Å². The smallest absolute Gasteiger partial charge is 0.243 e. The van der Waals surface area contributed by atoms with Crippen molar-refractivity contribution in [2.75, 3.05) is 0 Å². The number of halogens is 3. The summed E-state index contributed by atoms with van der Waals surface area (Å²) in [6.07, 6.45) is -1.55. The molecule has 5 heteroatoms. The summed E-state index contributed by atoms with van der Waals surface area (Å²) in [7, 11) is 0. The summed E-state index contributed by atoms with van der Waals surface area (Å²) in [5.74, 6) is 0. The molecule has 1 aromatic heterocycles. The van der Waals surface area contributed by atoms with E-state index in [0.29, 0.717) is 0 Å². The Morgan fingerprint density at radius 1 is 1.58 bits per heavy atom. The molecule has 0 N–H and O–H groups in total. The van der Waals surface area contributed by atoms with Gasteiger partial charge in [0.1, 0.15) is 11.2 Å². The van der Waals surface area contributed by atoms with Crippen molar-refractivity contribution in [3.8, 4) is 6.07 Å². The average Bonchev–Trinajstić information content (AvgIpc) is 2.05. The number of nitriles is 1. The minimum Gasteiger partial charge on any atom is -0.243 e. The molecule has 0 fully saturated rings. The molecule has 0 radical (unpaired) electrons. The Hall–Kier alpha value is -1.21. The topological polar surface area (TPSA) is 36.7 Å². The molecule has 0 atom stereocenters. The maximum absolute atomic E-state index is 12.1. The molecule has 1 aromatic rings. The Morgan fingerprint density at radius 3 is 2.75 bits per heavy atom. The first kappa shape index (κ1) is 8.88. The van der Waals surface area contributed by atoms with Gasteiger partial charge in [0.25, 0.3) is 6.43 Å². The van der Waals surface area contributed by atoms with E-state index in [2.05, 4.69) is 4.98 Å². The lowest BCUT2D eigenvalue weighted by molar-refractivity contribution is 0.151. The summed E-state index contributed by atoms with van der Waals surface area (Å²) in [5, 5.41) is 8.10. The van der Waals surface area contributed by atoms with Crippen LogP contribution in [-0.2, 0) is 0 Å². The monoisotopic (exact) mass is 188 g/mol. The van der Waals surface area contributed by atoms with Crippen molar-refractivity contribution in [2.24, 2.45) is 0 Å². The van der Waals surface area contributed by atoms with E-state index >= 15 is 0 Å². The van der Waals surface area contributed by atoms with Crippen LogP contribution < -0.4 is 0 Å². The van der Waals surface area contributed by atoms with Crippen LogP contribution >= 0.6 is 11.6 Å². The molecule has 0 aliphatic rings. The highest BCUT2D eigenvalue weighted by Crippen LogP contribution is 2.25. The van der Waals surface area contributed by atoms with Gasteiger partial charge in [-0.1, -0.05) is 11.6 Å². The van der Waals surface area contributed by atoms with E-state index < -0.39 is 12.0 Å². The van der Waals surface area contributed by atoms with E-state index in [1.807, 2.05) is 0 Å². The molecule has 2 nitrogen and oxygen atoms in total. The highest BCUT2D eigenvalue weighted by molar-refractivity contribution is 6.30. The largest absolute Gasteiger partial charge is 0.266 e. The normalized spacial score (nSPS) is 9.92. The third-order valence-corrected chi connectivity index (χ3v) is 1.55. The van der Waals surface area contributed by atoms with E-state index in [0.717, 1.165) is 12.3 Å². The SMILES string of the molecule is N#Cc1cnc(Cl)c(C(F)F)c1. The third kappa shape index (κ3) is 1.69. The Bertz CT molecular complexity index is 333. The molecule has 62 valence electrons. The standard InChI is InChI=1S/C7H3ClF2N2/c8-6-5(7(9)10)1-4(2-11)3-12-6/h1,3,7H. The van der Waals surface area contributed by atoms with Gasteiger partial charge in [-0.05, 0) is 6.07 Å². The van der Waals surface area contributed by atoms with Gasteiger partial charge in [0.05, 0.1) is 11.1 Å². The number of nitrogens with zero attached hydrogens (tertiary/aromatic N) is 2. The molecule has 0 saturated heterocycles. The number of aromatic nitrogens is 1. The second kappa shape index (κ2) is 3.46. The van der Waals surface area contributed by atoms with Gasteiger partial charge in [-0.3, -0.25) is 0 Å². The molecular formula is C7H3ClF2N2. The van der Waals surface area contributed by atoms with Gasteiger partial charge in [-0.15, -0.1) is 0 Å². The zero-order chi connectivity index (χ0) is 9.14. The maximum Gasteiger partial charge on any atom is 0.266 e. The lowest BCUT2D eigenvalue weighted by atomic mass is 10.2. The summed E-state index contributed by atoms with van der Waals surface area (Å²) in [5.41, 5.74) is -0.328. The lowest BCUT2D eigenvalue weighted by Crippen LogP contribution is -1.90. The van der Waals surface area contributed by atoms with Gasteiger partial charge in [-0.2, -0.15) is 5.26 Å². The molecule has 0 aromatic carbocycles. The van der Waals surface area contributed by atoms with Crippen molar-refractivity contribution in [2.45, 2.75) is 6.43 Å². The van der Waals surface area contributed by atoms with Gasteiger partial charge in [0, 0.05) is 6.20 Å². The van der Waals surface area contributed by atoms with Crippen molar-refractivity contribution >= 4 is 11.6 Å². The highest BCUT2D eigenvalue weighted by Gasteiger charge is 2.13. The van der Waals surface area contributed by atoms with E-state index in [9.17, 15) is 8.78 Å². The summed E-state index contributed by atoms with van der Waals surface area (Å²) < 4.78 is 24.2. The maximum atomic E-state index is 12.1. The summed E-state index contributed by atoms with van der Waals surface area (Å²) in [4.78, 5) is 3.43. The molecular weight excluding hydrogens is 186 g/mol. The van der Waals surface area contributed by atoms with Crippen molar-refractivity contribution < 1.29 is 8.78 Å². The summed E-state index contributed by atoms with van der Waals surface area (Å²) in [6.45, 7) is 0. The quantitative estimate of drug-likeness (QED) is 0.635. The number of alkyl halides is 2. The van der Waals surface area contributed by atoms with Gasteiger partial charge < -0.3 is 0 Å². The Kier molecular flexibility index (Phi) is 2.56. The second-order valence-electron chi connectivity index (χ2n) is 2.02. The fourth-order valence-electron chi connectivity index (χ4n) is 0.679. The van der Waals surface area contributed by atoms with Crippen LogP contribution in [0, 0.1) is 11.3 Å². The first-order valence-corrected chi connectivity index (χ1v) is 3.36. The molecule has 0 aliphatic carbocycles. The van der Waals surface area contributed by atoms with E-state index in [1.54, 1.807) is 6.07 Å². The minimum atomic E-state index is -2.70. The molecule has 0 unspecified atom stereocenters. The summed E-state index contributed by atoms with van der Waals surface area (Å²) in [6, 6.07) is 2.72. The molecule has 0 saturated carbocycles. The predicted molar refractivity (Wildman–Crippen MR) is 38.9 cm³/mol. The Balaban J connectivity index is 3.19. The van der Waals surface area contributed by atoms with E-state index in [4.69, 9.17) is 16.9 Å². The van der Waals surface area contributed by atoms with Crippen LogP contribution in [-0.4, -0.2) is 4.98 Å².